The zero-order chi connectivity index (χ0) is 20.3. The first-order valence-electron chi connectivity index (χ1n) is 7.67. The topological polar surface area (TPSA) is 66.9 Å². The van der Waals surface area contributed by atoms with Crippen LogP contribution in [0.15, 0.2) is 12.3 Å². The number of pyridine rings is 1. The maximum atomic E-state index is 13.6. The lowest BCUT2D eigenvalue weighted by molar-refractivity contribution is 0.101. The van der Waals surface area contributed by atoms with Crippen LogP contribution in [0.25, 0.3) is 0 Å². The van der Waals surface area contributed by atoms with E-state index in [1.807, 2.05) is 0 Å². The molecule has 0 fully saturated rings. The van der Waals surface area contributed by atoms with Crippen LogP contribution in [-0.4, -0.2) is 39.2 Å². The first-order valence-corrected chi connectivity index (χ1v) is 8.04. The molecule has 0 saturated heterocycles. The highest BCUT2D eigenvalue weighted by Crippen LogP contribution is 2.44. The molecule has 0 radical (unpaired) electrons. The number of hydrogen-bond acceptors (Lipinski definition) is 6. The van der Waals surface area contributed by atoms with E-state index in [0.717, 1.165) is 6.20 Å². The Morgan fingerprint density at radius 1 is 1.04 bits per heavy atom. The number of alkyl halides is 2. The van der Waals surface area contributed by atoms with Crippen molar-refractivity contribution < 1.29 is 32.5 Å². The van der Waals surface area contributed by atoms with E-state index in [0.29, 0.717) is 11.3 Å². The second-order valence-corrected chi connectivity index (χ2v) is 5.78. The quantitative estimate of drug-likeness (QED) is 0.646. The standard InChI is InChI=1S/C18H18ClF2NO5/c1-8-6-10(24-2)15(25-3)16(26-4)11(8)14(23)13-12(17(20)21)9(19)7-22-18(13)27-5/h6-7,17H,1-5H3. The molecule has 0 aliphatic carbocycles. The van der Waals surface area contributed by atoms with Crippen molar-refractivity contribution in [3.8, 4) is 23.1 Å². The predicted molar refractivity (Wildman–Crippen MR) is 95.0 cm³/mol. The van der Waals surface area contributed by atoms with Crippen LogP contribution in [-0.2, 0) is 0 Å². The molecule has 0 amide bonds. The molecule has 1 aromatic carbocycles. The van der Waals surface area contributed by atoms with Gasteiger partial charge in [-0.3, -0.25) is 4.79 Å². The maximum Gasteiger partial charge on any atom is 0.266 e. The van der Waals surface area contributed by atoms with E-state index < -0.39 is 23.3 Å². The highest BCUT2D eigenvalue weighted by Gasteiger charge is 2.32. The molecule has 0 aliphatic rings. The van der Waals surface area contributed by atoms with Crippen molar-refractivity contribution in [3.63, 3.8) is 0 Å². The molecule has 27 heavy (non-hydrogen) atoms. The minimum atomic E-state index is -3.01. The van der Waals surface area contributed by atoms with E-state index in [2.05, 4.69) is 4.98 Å². The number of nitrogens with zero attached hydrogens (tertiary/aromatic N) is 1. The lowest BCUT2D eigenvalue weighted by atomic mass is 9.94. The van der Waals surface area contributed by atoms with Gasteiger partial charge in [0.1, 0.15) is 0 Å². The van der Waals surface area contributed by atoms with Gasteiger partial charge in [0.25, 0.3) is 6.43 Å². The average molecular weight is 402 g/mol. The van der Waals surface area contributed by atoms with Crippen molar-refractivity contribution in [2.45, 2.75) is 13.3 Å². The fraction of sp³-hybridized carbons (Fsp3) is 0.333. The molecule has 0 aliphatic heterocycles. The lowest BCUT2D eigenvalue weighted by Crippen LogP contribution is -2.14. The minimum absolute atomic E-state index is 0.0133. The molecule has 146 valence electrons. The summed E-state index contributed by atoms with van der Waals surface area (Å²) in [6, 6.07) is 1.54. The van der Waals surface area contributed by atoms with Crippen molar-refractivity contribution in [2.24, 2.45) is 0 Å². The first-order chi connectivity index (χ1) is 12.8. The van der Waals surface area contributed by atoms with Crippen molar-refractivity contribution >= 4 is 17.4 Å². The molecule has 0 unspecified atom stereocenters. The molecule has 6 nitrogen and oxygen atoms in total. The molecule has 2 aromatic rings. The second-order valence-electron chi connectivity index (χ2n) is 5.37. The Morgan fingerprint density at radius 3 is 2.15 bits per heavy atom. The van der Waals surface area contributed by atoms with E-state index >= 15 is 0 Å². The normalized spacial score (nSPS) is 10.7. The number of carbonyl (C=O) groups excluding carboxylic acids is 1. The van der Waals surface area contributed by atoms with Gasteiger partial charge in [-0.05, 0) is 18.6 Å². The number of methoxy groups -OCH3 is 4. The van der Waals surface area contributed by atoms with E-state index in [-0.39, 0.29) is 28.0 Å². The number of ketones is 1. The van der Waals surface area contributed by atoms with Crippen LogP contribution in [0.3, 0.4) is 0 Å². The summed E-state index contributed by atoms with van der Waals surface area (Å²) in [7, 11) is 5.35. The van der Waals surface area contributed by atoms with Gasteiger partial charge in [-0.25, -0.2) is 13.8 Å². The number of hydrogen-bond donors (Lipinski definition) is 0. The molecule has 2 rings (SSSR count). The van der Waals surface area contributed by atoms with Gasteiger partial charge in [0.05, 0.1) is 56.3 Å². The summed E-state index contributed by atoms with van der Waals surface area (Å²) in [6.45, 7) is 1.62. The molecule has 1 aromatic heterocycles. The highest BCUT2D eigenvalue weighted by atomic mass is 35.5. The highest BCUT2D eigenvalue weighted by molar-refractivity contribution is 6.32. The Kier molecular flexibility index (Phi) is 6.43. The molecule has 0 atom stereocenters. The van der Waals surface area contributed by atoms with Crippen LogP contribution in [0.2, 0.25) is 5.02 Å². The van der Waals surface area contributed by atoms with Gasteiger partial charge in [-0.1, -0.05) is 11.6 Å². The fourth-order valence-electron chi connectivity index (χ4n) is 2.76. The van der Waals surface area contributed by atoms with Crippen LogP contribution < -0.4 is 18.9 Å². The van der Waals surface area contributed by atoms with Gasteiger partial charge < -0.3 is 18.9 Å². The number of halogens is 3. The van der Waals surface area contributed by atoms with Crippen LogP contribution in [0.1, 0.15) is 33.5 Å². The van der Waals surface area contributed by atoms with Crippen LogP contribution in [0, 0.1) is 6.92 Å². The van der Waals surface area contributed by atoms with Crippen molar-refractivity contribution in [3.05, 3.63) is 39.5 Å². The first kappa shape index (κ1) is 20.7. The lowest BCUT2D eigenvalue weighted by Gasteiger charge is -2.19. The number of aryl methyl sites for hydroxylation is 1. The SMILES string of the molecule is COc1cc(C)c(C(=O)c2c(OC)ncc(Cl)c2C(F)F)c(OC)c1OC. The summed E-state index contributed by atoms with van der Waals surface area (Å²) in [6.07, 6.45) is -2.00. The van der Waals surface area contributed by atoms with Gasteiger partial charge in [0.2, 0.25) is 17.4 Å². The molecule has 0 bridgehead atoms. The van der Waals surface area contributed by atoms with Gasteiger partial charge in [0, 0.05) is 0 Å². The summed E-state index contributed by atoms with van der Waals surface area (Å²) in [5.74, 6) is -0.528. The third kappa shape index (κ3) is 3.62. The van der Waals surface area contributed by atoms with Crippen LogP contribution >= 0.6 is 11.6 Å². The van der Waals surface area contributed by atoms with E-state index in [9.17, 15) is 13.6 Å². The number of benzene rings is 1. The van der Waals surface area contributed by atoms with Crippen molar-refractivity contribution in [2.75, 3.05) is 28.4 Å². The predicted octanol–water partition coefficient (Wildman–Crippen LogP) is 4.25. The molecule has 0 saturated carbocycles. The molecular formula is C18H18ClF2NO5. The number of rotatable bonds is 7. The second kappa shape index (κ2) is 8.39. The molecule has 0 spiro atoms. The number of carbonyl (C=O) groups is 1. The third-order valence-electron chi connectivity index (χ3n) is 3.93. The van der Waals surface area contributed by atoms with Crippen LogP contribution in [0.5, 0.6) is 23.1 Å². The Labute approximate surface area is 160 Å². The summed E-state index contributed by atoms with van der Waals surface area (Å²) in [5.41, 5.74) is -0.658. The van der Waals surface area contributed by atoms with E-state index in [4.69, 9.17) is 30.5 Å². The zero-order valence-corrected chi connectivity index (χ0v) is 16.1. The van der Waals surface area contributed by atoms with Gasteiger partial charge in [-0.2, -0.15) is 0 Å². The molecule has 0 N–H and O–H groups in total. The Bertz CT molecular complexity index is 874. The number of aromatic nitrogens is 1. The Balaban J connectivity index is 2.86. The number of ether oxygens (including phenoxy) is 4. The van der Waals surface area contributed by atoms with Crippen molar-refractivity contribution in [1.82, 2.24) is 4.98 Å². The van der Waals surface area contributed by atoms with Gasteiger partial charge in [-0.15, -0.1) is 0 Å². The van der Waals surface area contributed by atoms with Crippen molar-refractivity contribution in [1.29, 1.82) is 0 Å². The smallest absolute Gasteiger partial charge is 0.266 e. The fourth-order valence-corrected chi connectivity index (χ4v) is 2.98. The summed E-state index contributed by atoms with van der Waals surface area (Å²) in [5, 5.41) is -0.341. The van der Waals surface area contributed by atoms with Crippen LogP contribution in [0.4, 0.5) is 8.78 Å². The molecular weight excluding hydrogens is 384 g/mol. The monoisotopic (exact) mass is 401 g/mol. The summed E-state index contributed by atoms with van der Waals surface area (Å²) < 4.78 is 48.1. The third-order valence-corrected chi connectivity index (χ3v) is 4.23. The maximum absolute atomic E-state index is 13.6. The summed E-state index contributed by atoms with van der Waals surface area (Å²) >= 11 is 5.88. The van der Waals surface area contributed by atoms with E-state index in [1.54, 1.807) is 13.0 Å². The largest absolute Gasteiger partial charge is 0.493 e. The Morgan fingerprint density at radius 2 is 1.67 bits per heavy atom. The van der Waals surface area contributed by atoms with E-state index in [1.165, 1.54) is 28.4 Å². The van der Waals surface area contributed by atoms with Gasteiger partial charge in [0.15, 0.2) is 11.5 Å². The molecule has 9 heteroatoms. The Hall–Kier alpha value is -2.61. The summed E-state index contributed by atoms with van der Waals surface area (Å²) in [4.78, 5) is 17.1. The average Bonchev–Trinajstić information content (AvgIpc) is 2.65. The molecule has 1 heterocycles. The minimum Gasteiger partial charge on any atom is -0.493 e. The van der Waals surface area contributed by atoms with Gasteiger partial charge >= 0.3 is 0 Å². The zero-order valence-electron chi connectivity index (χ0n) is 15.4.